The highest BCUT2D eigenvalue weighted by Crippen LogP contribution is 2.35. The van der Waals surface area contributed by atoms with E-state index in [2.05, 4.69) is 16.8 Å². The molecule has 1 aromatic carbocycles. The van der Waals surface area contributed by atoms with E-state index in [1.54, 1.807) is 12.1 Å². The SMILES string of the molecule is CC[N+]1=C(CCNC)CCc2cc(O)c(O)cc21. The van der Waals surface area contributed by atoms with Gasteiger partial charge in [0, 0.05) is 24.9 Å². The zero-order valence-electron chi connectivity index (χ0n) is 11.0. The van der Waals surface area contributed by atoms with E-state index in [1.807, 2.05) is 7.05 Å². The van der Waals surface area contributed by atoms with Crippen molar-refractivity contribution in [1.29, 1.82) is 0 Å². The molecule has 0 fully saturated rings. The summed E-state index contributed by atoms with van der Waals surface area (Å²) < 4.78 is 2.25. The van der Waals surface area contributed by atoms with Crippen molar-refractivity contribution < 1.29 is 14.8 Å². The van der Waals surface area contributed by atoms with Crippen LogP contribution in [-0.4, -0.2) is 40.6 Å². The van der Waals surface area contributed by atoms with Crippen molar-refractivity contribution >= 4 is 11.4 Å². The molecule has 1 aliphatic rings. The Labute approximate surface area is 108 Å². The Morgan fingerprint density at radius 3 is 2.61 bits per heavy atom. The van der Waals surface area contributed by atoms with Crippen molar-refractivity contribution in [3.63, 3.8) is 0 Å². The fourth-order valence-corrected chi connectivity index (χ4v) is 2.57. The lowest BCUT2D eigenvalue weighted by atomic mass is 9.98. The van der Waals surface area contributed by atoms with E-state index in [0.717, 1.165) is 43.6 Å². The van der Waals surface area contributed by atoms with Crippen LogP contribution in [0.15, 0.2) is 12.1 Å². The number of nitrogens with one attached hydrogen (secondary N) is 1. The van der Waals surface area contributed by atoms with Gasteiger partial charge in [0.1, 0.15) is 6.54 Å². The van der Waals surface area contributed by atoms with Gasteiger partial charge in [-0.1, -0.05) is 0 Å². The number of phenolic OH excluding ortho intramolecular Hbond substituents is 2. The zero-order chi connectivity index (χ0) is 13.1. The Bertz CT molecular complexity index is 481. The van der Waals surface area contributed by atoms with Crippen LogP contribution < -0.4 is 5.32 Å². The Morgan fingerprint density at radius 1 is 1.22 bits per heavy atom. The molecule has 4 heteroatoms. The number of fused-ring (bicyclic) bond motifs is 1. The molecule has 1 heterocycles. The van der Waals surface area contributed by atoms with Crippen molar-refractivity contribution in [1.82, 2.24) is 5.32 Å². The van der Waals surface area contributed by atoms with Crippen LogP contribution in [0, 0.1) is 0 Å². The predicted molar refractivity (Wildman–Crippen MR) is 72.1 cm³/mol. The monoisotopic (exact) mass is 249 g/mol. The molecule has 18 heavy (non-hydrogen) atoms. The molecule has 0 atom stereocenters. The fourth-order valence-electron chi connectivity index (χ4n) is 2.57. The van der Waals surface area contributed by atoms with Crippen LogP contribution in [0.3, 0.4) is 0 Å². The van der Waals surface area contributed by atoms with Gasteiger partial charge >= 0.3 is 0 Å². The van der Waals surface area contributed by atoms with Gasteiger partial charge in [-0.3, -0.25) is 0 Å². The second-order valence-electron chi connectivity index (χ2n) is 4.63. The van der Waals surface area contributed by atoms with Gasteiger partial charge in [-0.15, -0.1) is 0 Å². The number of aryl methyl sites for hydroxylation is 1. The fraction of sp³-hybridized carbons (Fsp3) is 0.500. The number of hydrogen-bond donors (Lipinski definition) is 3. The first-order valence-corrected chi connectivity index (χ1v) is 6.49. The second kappa shape index (κ2) is 5.40. The summed E-state index contributed by atoms with van der Waals surface area (Å²) in [5, 5.41) is 22.4. The average molecular weight is 249 g/mol. The van der Waals surface area contributed by atoms with E-state index in [0.29, 0.717) is 0 Å². The third kappa shape index (κ3) is 2.34. The first-order chi connectivity index (χ1) is 8.67. The van der Waals surface area contributed by atoms with E-state index >= 15 is 0 Å². The average Bonchev–Trinajstić information content (AvgIpc) is 2.37. The molecule has 0 bridgehead atoms. The summed E-state index contributed by atoms with van der Waals surface area (Å²) in [7, 11) is 1.96. The van der Waals surface area contributed by atoms with E-state index in [9.17, 15) is 10.2 Å². The minimum Gasteiger partial charge on any atom is -0.504 e. The normalized spacial score (nSPS) is 14.8. The van der Waals surface area contributed by atoms with E-state index in [-0.39, 0.29) is 11.5 Å². The molecule has 0 saturated heterocycles. The van der Waals surface area contributed by atoms with Crippen molar-refractivity contribution in [2.45, 2.75) is 26.2 Å². The number of phenols is 2. The van der Waals surface area contributed by atoms with Gasteiger partial charge < -0.3 is 15.5 Å². The van der Waals surface area contributed by atoms with E-state index in [1.165, 1.54) is 5.71 Å². The molecular weight excluding hydrogens is 228 g/mol. The van der Waals surface area contributed by atoms with Crippen molar-refractivity contribution in [2.24, 2.45) is 0 Å². The number of aromatic hydroxyl groups is 2. The Morgan fingerprint density at radius 2 is 1.94 bits per heavy atom. The number of rotatable bonds is 4. The maximum atomic E-state index is 9.65. The molecule has 0 saturated carbocycles. The number of nitrogens with zero attached hydrogens (tertiary/aromatic N) is 1. The maximum absolute atomic E-state index is 9.65. The molecular formula is C14H21N2O2+. The molecule has 0 amide bonds. The molecule has 0 aliphatic carbocycles. The molecule has 0 unspecified atom stereocenters. The maximum Gasteiger partial charge on any atom is 0.212 e. The smallest absolute Gasteiger partial charge is 0.212 e. The lowest BCUT2D eigenvalue weighted by Crippen LogP contribution is -2.26. The topological polar surface area (TPSA) is 55.5 Å². The second-order valence-corrected chi connectivity index (χ2v) is 4.63. The first kappa shape index (κ1) is 12.9. The molecule has 1 aromatic rings. The summed E-state index contributed by atoms with van der Waals surface area (Å²) in [5.74, 6) is -0.0643. The molecule has 4 nitrogen and oxygen atoms in total. The Balaban J connectivity index is 2.43. The summed E-state index contributed by atoms with van der Waals surface area (Å²) in [5.41, 5.74) is 3.54. The molecule has 98 valence electrons. The highest BCUT2D eigenvalue weighted by Gasteiger charge is 2.26. The minimum absolute atomic E-state index is 0.0246. The molecule has 0 radical (unpaired) electrons. The molecule has 0 spiro atoms. The van der Waals surface area contributed by atoms with Gasteiger partial charge in [0.25, 0.3) is 0 Å². The molecule has 0 aromatic heterocycles. The van der Waals surface area contributed by atoms with Crippen LogP contribution in [0.1, 0.15) is 25.3 Å². The summed E-state index contributed by atoms with van der Waals surface area (Å²) in [6.07, 6.45) is 2.97. The summed E-state index contributed by atoms with van der Waals surface area (Å²) in [4.78, 5) is 0. The summed E-state index contributed by atoms with van der Waals surface area (Å²) in [6, 6.07) is 3.36. The van der Waals surface area contributed by atoms with Crippen molar-refractivity contribution in [2.75, 3.05) is 20.1 Å². The number of hydrogen-bond acceptors (Lipinski definition) is 3. The van der Waals surface area contributed by atoms with Crippen LogP contribution >= 0.6 is 0 Å². The van der Waals surface area contributed by atoms with Crippen LogP contribution in [-0.2, 0) is 6.42 Å². The quantitative estimate of drug-likeness (QED) is 0.563. The third-order valence-electron chi connectivity index (χ3n) is 3.51. The lowest BCUT2D eigenvalue weighted by molar-refractivity contribution is -0.441. The highest BCUT2D eigenvalue weighted by molar-refractivity contribution is 5.83. The van der Waals surface area contributed by atoms with Gasteiger partial charge in [0.15, 0.2) is 17.2 Å². The molecule has 1 aliphatic heterocycles. The molecule has 3 N–H and O–H groups in total. The largest absolute Gasteiger partial charge is 0.504 e. The van der Waals surface area contributed by atoms with Crippen molar-refractivity contribution in [3.8, 4) is 11.5 Å². The van der Waals surface area contributed by atoms with Crippen LogP contribution in [0.25, 0.3) is 0 Å². The van der Waals surface area contributed by atoms with Crippen molar-refractivity contribution in [3.05, 3.63) is 17.7 Å². The third-order valence-corrected chi connectivity index (χ3v) is 3.51. The van der Waals surface area contributed by atoms with Gasteiger partial charge in [0.2, 0.25) is 5.69 Å². The minimum atomic E-state index is -0.0398. The Kier molecular flexibility index (Phi) is 3.87. The van der Waals surface area contributed by atoms with E-state index in [4.69, 9.17) is 0 Å². The highest BCUT2D eigenvalue weighted by atomic mass is 16.3. The van der Waals surface area contributed by atoms with Gasteiger partial charge in [-0.2, -0.15) is 4.58 Å². The van der Waals surface area contributed by atoms with Gasteiger partial charge in [0.05, 0.1) is 6.07 Å². The zero-order valence-corrected chi connectivity index (χ0v) is 11.0. The van der Waals surface area contributed by atoms with Crippen LogP contribution in [0.2, 0.25) is 0 Å². The summed E-state index contributed by atoms with van der Waals surface area (Å²) in [6.45, 7) is 3.96. The van der Waals surface area contributed by atoms with E-state index < -0.39 is 0 Å². The van der Waals surface area contributed by atoms with Crippen LogP contribution in [0.4, 0.5) is 5.69 Å². The number of benzene rings is 1. The summed E-state index contributed by atoms with van der Waals surface area (Å²) >= 11 is 0. The standard InChI is InChI=1S/C14H20N2O2/c1-3-16-11(6-7-15-2)5-4-10-8-13(17)14(18)9-12(10)16/h8-9,15H,3-7H2,1-2H3,(H-,17,18)/p+1. The lowest BCUT2D eigenvalue weighted by Gasteiger charge is -2.17. The van der Waals surface area contributed by atoms with Gasteiger partial charge in [-0.25, -0.2) is 0 Å². The Hall–Kier alpha value is -1.55. The predicted octanol–water partition coefficient (Wildman–Crippen LogP) is 1.76. The van der Waals surface area contributed by atoms with Gasteiger partial charge in [-0.05, 0) is 26.5 Å². The first-order valence-electron chi connectivity index (χ1n) is 6.49. The molecule has 2 rings (SSSR count). The van der Waals surface area contributed by atoms with Crippen LogP contribution in [0.5, 0.6) is 11.5 Å².